The molecule has 0 bridgehead atoms. The molecule has 3 atom stereocenters. The summed E-state index contributed by atoms with van der Waals surface area (Å²) in [6, 6.07) is 11.2. The van der Waals surface area contributed by atoms with Gasteiger partial charge in [-0.25, -0.2) is 9.59 Å². The highest BCUT2D eigenvalue weighted by molar-refractivity contribution is 7.80. The summed E-state index contributed by atoms with van der Waals surface area (Å²) < 4.78 is 11.1. The second kappa shape index (κ2) is 15.5. The Balaban J connectivity index is 2.59. The summed E-state index contributed by atoms with van der Waals surface area (Å²) in [4.78, 5) is 56.0. The molecular weight excluding hydrogens is 578 g/mol. The molecule has 0 heterocycles. The number of ether oxygens (including phenoxy) is 2. The highest BCUT2D eigenvalue weighted by atomic mass is 32.1. The van der Waals surface area contributed by atoms with Gasteiger partial charge in [0.15, 0.2) is 0 Å². The summed E-state index contributed by atoms with van der Waals surface area (Å²) in [6.45, 7) is 17.9. The first-order valence-corrected chi connectivity index (χ1v) is 15.5. The van der Waals surface area contributed by atoms with Crippen LogP contribution in [0.5, 0.6) is 0 Å². The largest absolute Gasteiger partial charge is 0.458 e. The number of nitrogens with zero attached hydrogens (tertiary/aromatic N) is 1. The number of carbonyl (C=O) groups excluding carboxylic acids is 4. The van der Waals surface area contributed by atoms with Crippen LogP contribution in [-0.2, 0) is 30.3 Å². The SMILES string of the molecule is Cc1ccc(C(C(=O)NC(Cc2ccccc2)C(=O)OC(C)(C)C)N(C(=O)C(CS)NC(=O)OC(C)(C)C)C(C)C)c(C)c1. The smallest absolute Gasteiger partial charge is 0.408 e. The standard InChI is InChI=1S/C34H49N3O6S/c1-21(2)37(30(39)27(20-44)36-32(41)43-34(8,9)10)28(25-17-16-22(3)18-23(25)4)29(38)35-26(31(40)42-33(5,6)7)19-24-14-12-11-13-15-24/h11-18,21,26-28,44H,19-20H2,1-10H3,(H,35,38)(H,36,41). The van der Waals surface area contributed by atoms with Gasteiger partial charge < -0.3 is 25.0 Å². The van der Waals surface area contributed by atoms with E-state index < -0.39 is 59.2 Å². The third-order valence-electron chi connectivity index (χ3n) is 6.52. The Hall–Kier alpha value is -3.53. The van der Waals surface area contributed by atoms with E-state index in [0.29, 0.717) is 5.56 Å². The van der Waals surface area contributed by atoms with Crippen LogP contribution in [0.25, 0.3) is 0 Å². The minimum atomic E-state index is -1.13. The summed E-state index contributed by atoms with van der Waals surface area (Å²) in [5.41, 5.74) is 1.65. The molecule has 0 radical (unpaired) electrons. The molecular formula is C34H49N3O6S. The molecule has 2 N–H and O–H groups in total. The molecule has 0 aromatic heterocycles. The Kier molecular flexibility index (Phi) is 12.9. The molecule has 0 aliphatic carbocycles. The van der Waals surface area contributed by atoms with Gasteiger partial charge in [-0.05, 0) is 85.9 Å². The number of hydrogen-bond acceptors (Lipinski definition) is 7. The highest BCUT2D eigenvalue weighted by Crippen LogP contribution is 2.29. The number of alkyl carbamates (subject to hydrolysis) is 1. The van der Waals surface area contributed by atoms with E-state index in [1.165, 1.54) is 4.90 Å². The van der Waals surface area contributed by atoms with Gasteiger partial charge in [0.2, 0.25) is 11.8 Å². The van der Waals surface area contributed by atoms with E-state index in [1.54, 1.807) is 55.4 Å². The predicted molar refractivity (Wildman–Crippen MR) is 176 cm³/mol. The van der Waals surface area contributed by atoms with Crippen molar-refractivity contribution in [3.05, 3.63) is 70.8 Å². The Morgan fingerprint density at radius 1 is 0.841 bits per heavy atom. The highest BCUT2D eigenvalue weighted by Gasteiger charge is 2.39. The van der Waals surface area contributed by atoms with Crippen molar-refractivity contribution < 1.29 is 28.7 Å². The monoisotopic (exact) mass is 627 g/mol. The fraction of sp³-hybridized carbons (Fsp3) is 0.529. The molecule has 0 aliphatic rings. The van der Waals surface area contributed by atoms with Crippen LogP contribution in [0.1, 0.15) is 83.7 Å². The lowest BCUT2D eigenvalue weighted by Crippen LogP contribution is -2.57. The number of carbonyl (C=O) groups is 4. The van der Waals surface area contributed by atoms with Gasteiger partial charge in [-0.1, -0.05) is 54.1 Å². The van der Waals surface area contributed by atoms with Crippen LogP contribution in [0.4, 0.5) is 4.79 Å². The van der Waals surface area contributed by atoms with Gasteiger partial charge in [-0.3, -0.25) is 9.59 Å². The quantitative estimate of drug-likeness (QED) is 0.225. The summed E-state index contributed by atoms with van der Waals surface area (Å²) in [5.74, 6) is -1.69. The summed E-state index contributed by atoms with van der Waals surface area (Å²) in [7, 11) is 0. The van der Waals surface area contributed by atoms with Gasteiger partial charge in [0.1, 0.15) is 29.3 Å². The van der Waals surface area contributed by atoms with E-state index >= 15 is 0 Å². The second-order valence-electron chi connectivity index (χ2n) is 13.3. The van der Waals surface area contributed by atoms with Crippen molar-refractivity contribution in [1.29, 1.82) is 0 Å². The molecule has 0 saturated carbocycles. The topological polar surface area (TPSA) is 114 Å². The molecule has 0 fully saturated rings. The molecule has 3 amide bonds. The van der Waals surface area contributed by atoms with Crippen LogP contribution >= 0.6 is 12.6 Å². The first-order valence-electron chi connectivity index (χ1n) is 14.9. The molecule has 10 heteroatoms. The van der Waals surface area contributed by atoms with Gasteiger partial charge in [0.05, 0.1) is 0 Å². The van der Waals surface area contributed by atoms with Gasteiger partial charge in [0.25, 0.3) is 0 Å². The molecule has 44 heavy (non-hydrogen) atoms. The van der Waals surface area contributed by atoms with Crippen LogP contribution in [0.3, 0.4) is 0 Å². The van der Waals surface area contributed by atoms with Crippen molar-refractivity contribution in [2.75, 3.05) is 5.75 Å². The Morgan fingerprint density at radius 3 is 1.93 bits per heavy atom. The number of rotatable bonds is 11. The van der Waals surface area contributed by atoms with Crippen molar-refractivity contribution in [3.63, 3.8) is 0 Å². The summed E-state index contributed by atoms with van der Waals surface area (Å²) in [6.07, 6.45) is -0.579. The van der Waals surface area contributed by atoms with Gasteiger partial charge in [-0.15, -0.1) is 0 Å². The molecule has 0 spiro atoms. The molecule has 0 aliphatic heterocycles. The maximum Gasteiger partial charge on any atom is 0.408 e. The third kappa shape index (κ3) is 11.2. The number of nitrogens with one attached hydrogen (secondary N) is 2. The normalized spacial score (nSPS) is 13.8. The maximum absolute atomic E-state index is 14.4. The zero-order valence-corrected chi connectivity index (χ0v) is 28.6. The van der Waals surface area contributed by atoms with E-state index in [0.717, 1.165) is 16.7 Å². The van der Waals surface area contributed by atoms with Crippen molar-refractivity contribution in [1.82, 2.24) is 15.5 Å². The average molecular weight is 628 g/mol. The van der Waals surface area contributed by atoms with Crippen LogP contribution in [-0.4, -0.2) is 63.9 Å². The first kappa shape index (κ1) is 36.7. The van der Waals surface area contributed by atoms with E-state index in [4.69, 9.17) is 9.47 Å². The number of aryl methyl sites for hydroxylation is 2. The number of hydrogen-bond donors (Lipinski definition) is 3. The van der Waals surface area contributed by atoms with Crippen LogP contribution in [0.15, 0.2) is 48.5 Å². The van der Waals surface area contributed by atoms with Crippen LogP contribution in [0, 0.1) is 13.8 Å². The van der Waals surface area contributed by atoms with Crippen molar-refractivity contribution in [2.24, 2.45) is 0 Å². The molecule has 9 nitrogen and oxygen atoms in total. The van der Waals surface area contributed by atoms with Crippen LogP contribution in [0.2, 0.25) is 0 Å². The van der Waals surface area contributed by atoms with Crippen LogP contribution < -0.4 is 10.6 Å². The predicted octanol–water partition coefficient (Wildman–Crippen LogP) is 5.47. The summed E-state index contributed by atoms with van der Waals surface area (Å²) >= 11 is 4.34. The Labute approximate surface area is 267 Å². The lowest BCUT2D eigenvalue weighted by Gasteiger charge is -2.38. The Morgan fingerprint density at radius 2 is 1.43 bits per heavy atom. The number of esters is 1. The van der Waals surface area contributed by atoms with Gasteiger partial charge in [0, 0.05) is 18.2 Å². The molecule has 2 rings (SSSR count). The number of thiol groups is 1. The zero-order chi connectivity index (χ0) is 33.4. The van der Waals surface area contributed by atoms with E-state index in [1.807, 2.05) is 62.4 Å². The van der Waals surface area contributed by atoms with Crippen molar-refractivity contribution >= 4 is 36.5 Å². The first-order chi connectivity index (χ1) is 20.3. The number of benzene rings is 2. The third-order valence-corrected chi connectivity index (χ3v) is 6.88. The zero-order valence-electron chi connectivity index (χ0n) is 27.7. The second-order valence-corrected chi connectivity index (χ2v) is 13.6. The maximum atomic E-state index is 14.4. The summed E-state index contributed by atoms with van der Waals surface area (Å²) in [5, 5.41) is 5.52. The van der Waals surface area contributed by atoms with Crippen molar-refractivity contribution in [3.8, 4) is 0 Å². The fourth-order valence-corrected chi connectivity index (χ4v) is 4.96. The van der Waals surface area contributed by atoms with E-state index in [-0.39, 0.29) is 12.2 Å². The van der Waals surface area contributed by atoms with Crippen molar-refractivity contribution in [2.45, 2.75) is 111 Å². The lowest BCUT2D eigenvalue weighted by atomic mass is 9.95. The Bertz CT molecular complexity index is 1300. The molecule has 242 valence electrons. The van der Waals surface area contributed by atoms with Gasteiger partial charge >= 0.3 is 12.1 Å². The molecule has 2 aromatic rings. The lowest BCUT2D eigenvalue weighted by molar-refractivity contribution is -0.159. The minimum absolute atomic E-state index is 0.0307. The van der Waals surface area contributed by atoms with Gasteiger partial charge in [-0.2, -0.15) is 12.6 Å². The number of amides is 3. The molecule has 0 saturated heterocycles. The fourth-order valence-electron chi connectivity index (χ4n) is 4.71. The van der Waals surface area contributed by atoms with E-state index in [2.05, 4.69) is 23.3 Å². The van der Waals surface area contributed by atoms with E-state index in [9.17, 15) is 19.2 Å². The average Bonchev–Trinajstić information content (AvgIpc) is 2.88. The molecule has 2 aromatic carbocycles. The minimum Gasteiger partial charge on any atom is -0.458 e. The molecule has 3 unspecified atom stereocenters.